The van der Waals surface area contributed by atoms with E-state index in [0.717, 1.165) is 31.0 Å². The average molecular weight is 595 g/mol. The number of unbranched alkanes of at least 4 members (excludes halogenated alkanes) is 11. The summed E-state index contributed by atoms with van der Waals surface area (Å²) in [7, 11) is 0. The number of hydrogen-bond acceptors (Lipinski definition) is 6. The molecular weight excluding hydrogens is 544 g/mol. The summed E-state index contributed by atoms with van der Waals surface area (Å²) < 4.78 is 11.6. The number of rotatable bonds is 21. The summed E-state index contributed by atoms with van der Waals surface area (Å²) in [6.07, 6.45) is 15.5. The van der Waals surface area contributed by atoms with Crippen molar-refractivity contribution in [1.29, 1.82) is 0 Å². The lowest BCUT2D eigenvalue weighted by Crippen LogP contribution is -2.20. The molecular formula is C35H50N2O4S. The van der Waals surface area contributed by atoms with Gasteiger partial charge >= 0.3 is 0 Å². The van der Waals surface area contributed by atoms with Gasteiger partial charge in [-0.1, -0.05) is 89.7 Å². The van der Waals surface area contributed by atoms with Gasteiger partial charge in [-0.3, -0.25) is 9.59 Å². The molecule has 0 bridgehead atoms. The molecule has 1 heterocycles. The van der Waals surface area contributed by atoms with E-state index in [1.165, 1.54) is 82.4 Å². The lowest BCUT2D eigenvalue weighted by Gasteiger charge is -2.19. The predicted octanol–water partition coefficient (Wildman–Crippen LogP) is 9.35. The third kappa shape index (κ3) is 12.5. The van der Waals surface area contributed by atoms with Crippen molar-refractivity contribution < 1.29 is 19.1 Å². The molecule has 2 aromatic rings. The zero-order valence-corrected chi connectivity index (χ0v) is 26.7. The van der Waals surface area contributed by atoms with E-state index < -0.39 is 0 Å². The fraction of sp³-hybridized carbons (Fsp3) is 0.543. The van der Waals surface area contributed by atoms with Crippen LogP contribution in [0.25, 0.3) is 0 Å². The van der Waals surface area contributed by atoms with Crippen LogP contribution in [0.15, 0.2) is 53.6 Å². The number of hydrogen-bond donors (Lipinski definition) is 1. The highest BCUT2D eigenvalue weighted by Crippen LogP contribution is 2.26. The third-order valence-electron chi connectivity index (χ3n) is 7.55. The maximum absolute atomic E-state index is 12.5. The Bertz CT molecular complexity index is 1130. The van der Waals surface area contributed by atoms with Crippen molar-refractivity contribution in [2.24, 2.45) is 0 Å². The maximum atomic E-state index is 12.5. The maximum Gasteiger partial charge on any atom is 0.262 e. The van der Waals surface area contributed by atoms with Gasteiger partial charge in [0, 0.05) is 17.9 Å². The molecule has 0 spiro atoms. The Labute approximate surface area is 257 Å². The van der Waals surface area contributed by atoms with Gasteiger partial charge in [-0.15, -0.1) is 11.8 Å². The van der Waals surface area contributed by atoms with E-state index in [-0.39, 0.29) is 18.3 Å². The first kappa shape index (κ1) is 33.6. The Morgan fingerprint density at radius 1 is 0.857 bits per heavy atom. The number of ether oxygens (including phenoxy) is 2. The first-order chi connectivity index (χ1) is 20.5. The first-order valence-electron chi connectivity index (χ1n) is 15.8. The smallest absolute Gasteiger partial charge is 0.262 e. The van der Waals surface area contributed by atoms with Crippen molar-refractivity contribution in [3.8, 4) is 11.5 Å². The Morgan fingerprint density at radius 2 is 1.50 bits per heavy atom. The van der Waals surface area contributed by atoms with Crippen LogP contribution in [0.5, 0.6) is 11.5 Å². The molecule has 1 aliphatic rings. The highest BCUT2D eigenvalue weighted by molar-refractivity contribution is 8.02. The first-order valence-corrected chi connectivity index (χ1v) is 16.8. The number of nitrogens with one attached hydrogen (secondary N) is 1. The number of carbonyl (C=O) groups is 2. The van der Waals surface area contributed by atoms with Crippen molar-refractivity contribution in [3.63, 3.8) is 0 Å². The van der Waals surface area contributed by atoms with E-state index in [1.54, 1.807) is 30.0 Å². The zero-order valence-electron chi connectivity index (χ0n) is 25.9. The van der Waals surface area contributed by atoms with Crippen molar-refractivity contribution >= 4 is 29.1 Å². The summed E-state index contributed by atoms with van der Waals surface area (Å²) in [5.41, 5.74) is 3.67. The van der Waals surface area contributed by atoms with Crippen molar-refractivity contribution in [2.45, 2.75) is 104 Å². The van der Waals surface area contributed by atoms with E-state index in [1.807, 2.05) is 24.3 Å². The molecule has 3 rings (SSSR count). The summed E-state index contributed by atoms with van der Waals surface area (Å²) in [6.45, 7) is 7.20. The molecule has 1 N–H and O–H groups in total. The summed E-state index contributed by atoms with van der Waals surface area (Å²) >= 11 is 1.80. The highest BCUT2D eigenvalue weighted by atomic mass is 32.2. The normalized spacial score (nSPS) is 12.7. The molecule has 0 saturated heterocycles. The summed E-state index contributed by atoms with van der Waals surface area (Å²) in [4.78, 5) is 27.1. The lowest BCUT2D eigenvalue weighted by molar-refractivity contribution is -0.118. The summed E-state index contributed by atoms with van der Waals surface area (Å²) in [5.74, 6) is 1.66. The number of anilines is 1. The number of nitrogens with zero attached hydrogens (tertiary/aromatic N) is 1. The van der Waals surface area contributed by atoms with Gasteiger partial charge in [0.25, 0.3) is 5.91 Å². The van der Waals surface area contributed by atoms with Crippen LogP contribution in [0.3, 0.4) is 0 Å². The predicted molar refractivity (Wildman–Crippen MR) is 175 cm³/mol. The second kappa shape index (κ2) is 19.3. The molecule has 2 aromatic carbocycles. The van der Waals surface area contributed by atoms with Crippen LogP contribution in [-0.4, -0.2) is 35.7 Å². The van der Waals surface area contributed by atoms with E-state index in [4.69, 9.17) is 9.47 Å². The van der Waals surface area contributed by atoms with Crippen LogP contribution in [0, 0.1) is 0 Å². The Balaban J connectivity index is 1.32. The zero-order chi connectivity index (χ0) is 30.0. The largest absolute Gasteiger partial charge is 0.493 e. The monoisotopic (exact) mass is 594 g/mol. The van der Waals surface area contributed by atoms with Crippen LogP contribution >= 0.6 is 11.8 Å². The van der Waals surface area contributed by atoms with Crippen LogP contribution < -0.4 is 14.8 Å². The number of carbonyl (C=O) groups excluding carboxylic acids is 2. The van der Waals surface area contributed by atoms with Crippen molar-refractivity contribution in [1.82, 2.24) is 4.90 Å². The SMILES string of the molecule is CCCCCCCCCCCCCCOc1ccc(OCC(=O)Nc2ccc(CN3CSC=C3C)cc2)cc1C(C)=O. The molecule has 42 heavy (non-hydrogen) atoms. The van der Waals surface area contributed by atoms with Gasteiger partial charge < -0.3 is 19.7 Å². The topological polar surface area (TPSA) is 67.9 Å². The molecule has 1 amide bonds. The Morgan fingerprint density at radius 3 is 2.10 bits per heavy atom. The molecule has 6 nitrogen and oxygen atoms in total. The van der Waals surface area contributed by atoms with E-state index >= 15 is 0 Å². The molecule has 0 saturated carbocycles. The molecule has 0 aromatic heterocycles. The van der Waals surface area contributed by atoms with Gasteiger partial charge in [0.1, 0.15) is 11.5 Å². The number of amides is 1. The molecule has 1 aliphatic heterocycles. The van der Waals surface area contributed by atoms with Crippen LogP contribution in [0.4, 0.5) is 5.69 Å². The van der Waals surface area contributed by atoms with Crippen LogP contribution in [-0.2, 0) is 11.3 Å². The van der Waals surface area contributed by atoms with E-state index in [2.05, 4.69) is 29.5 Å². The minimum absolute atomic E-state index is 0.0899. The van der Waals surface area contributed by atoms with E-state index in [9.17, 15) is 9.59 Å². The number of Topliss-reactive ketones (excluding diaryl/α,β-unsaturated/α-hetero) is 1. The number of ketones is 1. The van der Waals surface area contributed by atoms with Gasteiger partial charge in [0.15, 0.2) is 12.4 Å². The number of thioether (sulfide) groups is 1. The second-order valence-electron chi connectivity index (χ2n) is 11.2. The minimum atomic E-state index is -0.255. The average Bonchev–Trinajstić information content (AvgIpc) is 3.39. The van der Waals surface area contributed by atoms with Gasteiger partial charge in [-0.2, -0.15) is 0 Å². The molecule has 0 atom stereocenters. The highest BCUT2D eigenvalue weighted by Gasteiger charge is 2.13. The van der Waals surface area contributed by atoms with E-state index in [0.29, 0.717) is 23.7 Å². The molecule has 0 aliphatic carbocycles. The quantitative estimate of drug-likeness (QED) is 0.115. The third-order valence-corrected chi connectivity index (χ3v) is 8.52. The van der Waals surface area contributed by atoms with Gasteiger partial charge in [0.05, 0.1) is 18.0 Å². The summed E-state index contributed by atoms with van der Waals surface area (Å²) in [6, 6.07) is 13.1. The molecule has 7 heteroatoms. The minimum Gasteiger partial charge on any atom is -0.493 e. The van der Waals surface area contributed by atoms with Crippen LogP contribution in [0.1, 0.15) is 114 Å². The lowest BCUT2D eigenvalue weighted by atomic mass is 10.1. The Hall–Kier alpha value is -2.93. The standard InChI is InChI=1S/C35H50N2O4S/c1-4-5-6-7-8-9-10-11-12-13-14-15-22-40-34-21-20-32(23-33(34)29(3)38)41-25-35(39)36-31-18-16-30(17-19-31)24-37-27-42-26-28(37)2/h16-21,23,26H,4-15,22,24-25,27H2,1-3H3,(H,36,39). The van der Waals surface area contributed by atoms with Crippen molar-refractivity contribution in [2.75, 3.05) is 24.4 Å². The van der Waals surface area contributed by atoms with Gasteiger partial charge in [-0.05, 0) is 61.6 Å². The van der Waals surface area contributed by atoms with Crippen molar-refractivity contribution in [3.05, 3.63) is 64.7 Å². The summed E-state index contributed by atoms with van der Waals surface area (Å²) in [5, 5.41) is 5.05. The Kier molecular flexibility index (Phi) is 15.4. The number of benzene rings is 2. The molecule has 0 fully saturated rings. The van der Waals surface area contributed by atoms with Crippen LogP contribution in [0.2, 0.25) is 0 Å². The van der Waals surface area contributed by atoms with Gasteiger partial charge in [0.2, 0.25) is 0 Å². The molecule has 0 radical (unpaired) electrons. The second-order valence-corrected chi connectivity index (χ2v) is 12.1. The fourth-order valence-electron chi connectivity index (χ4n) is 4.98. The molecule has 0 unspecified atom stereocenters. The van der Waals surface area contributed by atoms with Gasteiger partial charge in [-0.25, -0.2) is 0 Å². The fourth-order valence-corrected chi connectivity index (χ4v) is 5.92. The molecule has 230 valence electrons. The number of allylic oxidation sites excluding steroid dienone is 1.